The first-order chi connectivity index (χ1) is 14.9. The van der Waals surface area contributed by atoms with Crippen LogP contribution in [-0.4, -0.2) is 47.7 Å². The third-order valence-corrected chi connectivity index (χ3v) is 7.90. The summed E-state index contributed by atoms with van der Waals surface area (Å²) in [6.07, 6.45) is 3.33. The highest BCUT2D eigenvalue weighted by Crippen LogP contribution is 2.26. The molecule has 164 valence electrons. The molecule has 1 saturated heterocycles. The van der Waals surface area contributed by atoms with Crippen LogP contribution in [0.15, 0.2) is 47.4 Å². The summed E-state index contributed by atoms with van der Waals surface area (Å²) in [5, 5.41) is 2.89. The van der Waals surface area contributed by atoms with E-state index in [1.807, 2.05) is 38.1 Å². The van der Waals surface area contributed by atoms with Gasteiger partial charge in [0.2, 0.25) is 10.0 Å². The molecule has 2 aromatic carbocycles. The van der Waals surface area contributed by atoms with Crippen molar-refractivity contribution in [3.8, 4) is 0 Å². The molecule has 0 radical (unpaired) electrons. The predicted molar refractivity (Wildman–Crippen MR) is 121 cm³/mol. The number of benzene rings is 2. The molecule has 1 amide bonds. The number of piperidine rings is 1. The first-order valence-electron chi connectivity index (χ1n) is 10.7. The van der Waals surface area contributed by atoms with Crippen LogP contribution in [0.25, 0.3) is 11.0 Å². The number of carbonyl (C=O) groups excluding carboxylic acids is 1. The molecule has 0 spiro atoms. The van der Waals surface area contributed by atoms with Gasteiger partial charge in [-0.25, -0.2) is 13.4 Å². The van der Waals surface area contributed by atoms with Crippen molar-refractivity contribution in [3.05, 3.63) is 59.4 Å². The van der Waals surface area contributed by atoms with Crippen LogP contribution in [0, 0.1) is 6.92 Å². The molecular formula is C23H28N4O3S. The van der Waals surface area contributed by atoms with Crippen molar-refractivity contribution in [2.24, 2.45) is 0 Å². The van der Waals surface area contributed by atoms with E-state index >= 15 is 0 Å². The summed E-state index contributed by atoms with van der Waals surface area (Å²) < 4.78 is 27.9. The summed E-state index contributed by atoms with van der Waals surface area (Å²) in [5.74, 6) is 0.519. The van der Waals surface area contributed by atoms with Gasteiger partial charge in [0.15, 0.2) is 0 Å². The first-order valence-corrected chi connectivity index (χ1v) is 12.1. The van der Waals surface area contributed by atoms with E-state index in [0.29, 0.717) is 25.1 Å². The second kappa shape index (κ2) is 8.80. The lowest BCUT2D eigenvalue weighted by Crippen LogP contribution is -2.42. The number of aromatic amines is 1. The van der Waals surface area contributed by atoms with Crippen molar-refractivity contribution in [2.45, 2.75) is 50.5 Å². The van der Waals surface area contributed by atoms with E-state index in [9.17, 15) is 13.2 Å². The zero-order chi connectivity index (χ0) is 22.0. The molecule has 2 N–H and O–H groups in total. The van der Waals surface area contributed by atoms with Crippen LogP contribution < -0.4 is 5.32 Å². The third kappa shape index (κ3) is 4.50. The van der Waals surface area contributed by atoms with Crippen LogP contribution in [0.1, 0.15) is 47.9 Å². The largest absolute Gasteiger partial charge is 0.352 e. The normalized spacial score (nSPS) is 17.7. The van der Waals surface area contributed by atoms with Gasteiger partial charge in [-0.15, -0.1) is 0 Å². The van der Waals surface area contributed by atoms with E-state index in [1.165, 1.54) is 6.07 Å². The van der Waals surface area contributed by atoms with E-state index in [2.05, 4.69) is 15.3 Å². The number of amides is 1. The minimum Gasteiger partial charge on any atom is -0.352 e. The van der Waals surface area contributed by atoms with Crippen LogP contribution >= 0.6 is 0 Å². The lowest BCUT2D eigenvalue weighted by Gasteiger charge is -2.32. The van der Waals surface area contributed by atoms with Crippen molar-refractivity contribution in [2.75, 3.05) is 13.1 Å². The van der Waals surface area contributed by atoms with E-state index < -0.39 is 10.0 Å². The Hall–Kier alpha value is -2.71. The molecule has 7 nitrogen and oxygen atoms in total. The topological polar surface area (TPSA) is 95.2 Å². The number of imidazole rings is 1. The van der Waals surface area contributed by atoms with Gasteiger partial charge in [0.25, 0.3) is 5.91 Å². The molecule has 31 heavy (non-hydrogen) atoms. The predicted octanol–water partition coefficient (Wildman–Crippen LogP) is 3.41. The zero-order valence-corrected chi connectivity index (χ0v) is 18.7. The molecule has 1 aliphatic rings. The van der Waals surface area contributed by atoms with Crippen molar-refractivity contribution in [1.29, 1.82) is 0 Å². The Balaban J connectivity index is 1.46. The summed E-state index contributed by atoms with van der Waals surface area (Å²) in [4.78, 5) is 20.7. The highest BCUT2D eigenvalue weighted by atomic mass is 32.2. The molecule has 1 aliphatic heterocycles. The lowest BCUT2D eigenvalue weighted by molar-refractivity contribution is 0.0953. The molecule has 4 rings (SSSR count). The molecule has 1 atom stereocenters. The van der Waals surface area contributed by atoms with E-state index in [-0.39, 0.29) is 16.8 Å². The summed E-state index contributed by atoms with van der Waals surface area (Å²) >= 11 is 0. The second-order valence-electron chi connectivity index (χ2n) is 8.14. The van der Waals surface area contributed by atoms with Gasteiger partial charge < -0.3 is 10.3 Å². The van der Waals surface area contributed by atoms with Gasteiger partial charge >= 0.3 is 0 Å². The molecular weight excluding hydrogens is 412 g/mol. The maximum absolute atomic E-state index is 13.1. The van der Waals surface area contributed by atoms with E-state index in [1.54, 1.807) is 16.4 Å². The molecule has 0 aliphatic carbocycles. The van der Waals surface area contributed by atoms with Crippen molar-refractivity contribution in [1.82, 2.24) is 19.6 Å². The van der Waals surface area contributed by atoms with Gasteiger partial charge in [0.1, 0.15) is 5.82 Å². The summed E-state index contributed by atoms with van der Waals surface area (Å²) in [6, 6.07) is 12.6. The maximum Gasteiger partial charge on any atom is 0.251 e. The Morgan fingerprint density at radius 1 is 1.23 bits per heavy atom. The number of H-pyrrole nitrogens is 1. The smallest absolute Gasteiger partial charge is 0.251 e. The second-order valence-corrected chi connectivity index (χ2v) is 10.0. The average Bonchev–Trinajstić information content (AvgIpc) is 3.17. The number of sulfonamides is 1. The van der Waals surface area contributed by atoms with Crippen LogP contribution in [0.2, 0.25) is 0 Å². The van der Waals surface area contributed by atoms with Crippen LogP contribution in [-0.2, 0) is 16.4 Å². The van der Waals surface area contributed by atoms with Gasteiger partial charge in [0.05, 0.1) is 15.9 Å². The lowest BCUT2D eigenvalue weighted by atomic mass is 10.1. The summed E-state index contributed by atoms with van der Waals surface area (Å²) in [7, 11) is -3.62. The van der Waals surface area contributed by atoms with Gasteiger partial charge in [-0.2, -0.15) is 4.31 Å². The van der Waals surface area contributed by atoms with Crippen LogP contribution in [0.5, 0.6) is 0 Å². The highest BCUT2D eigenvalue weighted by Gasteiger charge is 2.31. The first kappa shape index (κ1) is 21.5. The number of aromatic nitrogens is 2. The van der Waals surface area contributed by atoms with Gasteiger partial charge in [-0.3, -0.25) is 4.79 Å². The fraction of sp³-hybridized carbons (Fsp3) is 0.391. The number of rotatable bonds is 6. The standard InChI is InChI=1S/C23H28N4O3S/c1-16-10-11-18(31(29,30)27-14-6-5-7-17(27)2)15-19(16)23(28)24-13-12-22-25-20-8-3-4-9-21(20)26-22/h3-4,8-11,15,17H,5-7,12-14H2,1-2H3,(H,24,28)(H,25,26). The summed E-state index contributed by atoms with van der Waals surface area (Å²) in [6.45, 7) is 4.68. The number of hydrogen-bond acceptors (Lipinski definition) is 4. The average molecular weight is 441 g/mol. The Morgan fingerprint density at radius 2 is 2.03 bits per heavy atom. The van der Waals surface area contributed by atoms with Gasteiger partial charge in [-0.1, -0.05) is 24.6 Å². The van der Waals surface area contributed by atoms with E-state index in [0.717, 1.165) is 41.7 Å². The van der Waals surface area contributed by atoms with Gasteiger partial charge in [0, 0.05) is 31.1 Å². The Labute approximate surface area is 182 Å². The zero-order valence-electron chi connectivity index (χ0n) is 17.9. The number of aryl methyl sites for hydroxylation is 1. The fourth-order valence-electron chi connectivity index (χ4n) is 4.08. The number of nitrogens with zero attached hydrogens (tertiary/aromatic N) is 2. The number of para-hydroxylation sites is 2. The van der Waals surface area contributed by atoms with Crippen LogP contribution in [0.3, 0.4) is 0 Å². The molecule has 3 aromatic rings. The van der Waals surface area contributed by atoms with Crippen molar-refractivity contribution >= 4 is 27.0 Å². The molecule has 8 heteroatoms. The molecule has 2 heterocycles. The SMILES string of the molecule is Cc1ccc(S(=O)(=O)N2CCCCC2C)cc1C(=O)NCCc1nc2ccccc2[nH]1. The van der Waals surface area contributed by atoms with E-state index in [4.69, 9.17) is 0 Å². The Kier molecular flexibility index (Phi) is 6.11. The molecule has 1 aromatic heterocycles. The number of hydrogen-bond donors (Lipinski definition) is 2. The minimum absolute atomic E-state index is 0.0267. The summed E-state index contributed by atoms with van der Waals surface area (Å²) in [5.41, 5.74) is 2.98. The third-order valence-electron chi connectivity index (χ3n) is 5.89. The monoisotopic (exact) mass is 440 g/mol. The number of carbonyl (C=O) groups is 1. The minimum atomic E-state index is -3.62. The Bertz CT molecular complexity index is 1170. The van der Waals surface area contributed by atoms with Crippen molar-refractivity contribution < 1.29 is 13.2 Å². The number of fused-ring (bicyclic) bond motifs is 1. The number of nitrogens with one attached hydrogen (secondary N) is 2. The molecule has 0 bridgehead atoms. The molecule has 0 saturated carbocycles. The maximum atomic E-state index is 13.1. The quantitative estimate of drug-likeness (QED) is 0.614. The van der Waals surface area contributed by atoms with Crippen LogP contribution in [0.4, 0.5) is 0 Å². The Morgan fingerprint density at radius 3 is 2.81 bits per heavy atom. The molecule has 1 unspecified atom stereocenters. The van der Waals surface area contributed by atoms with Crippen molar-refractivity contribution in [3.63, 3.8) is 0 Å². The highest BCUT2D eigenvalue weighted by molar-refractivity contribution is 7.89. The molecule has 1 fully saturated rings. The van der Waals surface area contributed by atoms with Gasteiger partial charge in [-0.05, 0) is 56.5 Å². The fourth-order valence-corrected chi connectivity index (χ4v) is 5.81.